The van der Waals surface area contributed by atoms with Gasteiger partial charge in [-0.25, -0.2) is 0 Å². The summed E-state index contributed by atoms with van der Waals surface area (Å²) in [5.74, 6) is 2.68. The van der Waals surface area contributed by atoms with Gasteiger partial charge in [-0.3, -0.25) is 9.69 Å². The number of fused-ring (bicyclic) bond motifs is 1. The van der Waals surface area contributed by atoms with Crippen molar-refractivity contribution >= 4 is 11.9 Å². The highest BCUT2D eigenvalue weighted by atomic mass is 16.5. The molecule has 1 aromatic rings. The number of carbonyl (C=O) groups excluding carboxylic acids is 1. The van der Waals surface area contributed by atoms with Crippen molar-refractivity contribution in [3.05, 3.63) is 5.82 Å². The van der Waals surface area contributed by atoms with E-state index in [9.17, 15) is 4.79 Å². The van der Waals surface area contributed by atoms with Crippen LogP contribution < -0.4 is 4.90 Å². The zero-order valence-corrected chi connectivity index (χ0v) is 16.0. The Hall–Kier alpha value is -1.63. The van der Waals surface area contributed by atoms with Gasteiger partial charge in [-0.1, -0.05) is 5.16 Å². The third kappa shape index (κ3) is 2.39. The summed E-state index contributed by atoms with van der Waals surface area (Å²) in [6, 6.07) is 1.40. The molecule has 142 valence electrons. The number of amides is 1. The standard InChI is InChI=1S/C19H29N5O2/c1-4-22(5-2)17(25)16-14-8-23(9-15(14)16)13-6-19(7-13)10-24(11-19)18-20-12(3)21-26-18/h13-16H,4-11H2,1-3H3. The lowest BCUT2D eigenvalue weighted by Gasteiger charge is -2.60. The molecule has 2 atom stereocenters. The van der Waals surface area contributed by atoms with Gasteiger partial charge in [-0.05, 0) is 45.4 Å². The number of piperidine rings is 1. The first-order chi connectivity index (χ1) is 12.5. The van der Waals surface area contributed by atoms with Crippen LogP contribution in [0.3, 0.4) is 0 Å². The number of anilines is 1. The summed E-state index contributed by atoms with van der Waals surface area (Å²) in [4.78, 5) is 23.7. The van der Waals surface area contributed by atoms with E-state index in [1.807, 2.05) is 11.8 Å². The Morgan fingerprint density at radius 2 is 1.88 bits per heavy atom. The number of likely N-dealkylation sites (tertiary alicyclic amines) is 1. The highest BCUT2D eigenvalue weighted by Gasteiger charge is 2.63. The summed E-state index contributed by atoms with van der Waals surface area (Å²) in [7, 11) is 0. The van der Waals surface area contributed by atoms with E-state index >= 15 is 0 Å². The molecule has 2 aliphatic heterocycles. The number of aromatic nitrogens is 2. The third-order valence-electron chi connectivity index (χ3n) is 7.28. The second kappa shape index (κ2) is 5.68. The third-order valence-corrected chi connectivity index (χ3v) is 7.28. The number of hydrogen-bond acceptors (Lipinski definition) is 6. The summed E-state index contributed by atoms with van der Waals surface area (Å²) in [5.41, 5.74) is 0.469. The molecular weight excluding hydrogens is 330 g/mol. The van der Waals surface area contributed by atoms with Gasteiger partial charge in [0.05, 0.1) is 0 Å². The van der Waals surface area contributed by atoms with Crippen molar-refractivity contribution in [2.45, 2.75) is 39.7 Å². The first-order valence-corrected chi connectivity index (χ1v) is 10.1. The molecule has 5 rings (SSSR count). The van der Waals surface area contributed by atoms with E-state index in [1.54, 1.807) is 0 Å². The molecule has 7 nitrogen and oxygen atoms in total. The number of carbonyl (C=O) groups is 1. The van der Waals surface area contributed by atoms with Crippen LogP contribution in [0.1, 0.15) is 32.5 Å². The van der Waals surface area contributed by atoms with Crippen LogP contribution in [0.4, 0.5) is 6.01 Å². The van der Waals surface area contributed by atoms with E-state index in [-0.39, 0.29) is 0 Å². The fourth-order valence-electron chi connectivity index (χ4n) is 5.74. The maximum atomic E-state index is 12.6. The summed E-state index contributed by atoms with van der Waals surface area (Å²) in [6.07, 6.45) is 2.56. The second-order valence-electron chi connectivity index (χ2n) is 8.86. The lowest BCUT2D eigenvalue weighted by Crippen LogP contribution is -2.66. The molecule has 0 aromatic carbocycles. The van der Waals surface area contributed by atoms with Crippen molar-refractivity contribution in [1.29, 1.82) is 0 Å². The van der Waals surface area contributed by atoms with Gasteiger partial charge in [0.25, 0.3) is 0 Å². The maximum absolute atomic E-state index is 12.6. The average Bonchev–Trinajstić information content (AvgIpc) is 2.88. The maximum Gasteiger partial charge on any atom is 0.324 e. The predicted octanol–water partition coefficient (Wildman–Crippen LogP) is 1.39. The van der Waals surface area contributed by atoms with Crippen LogP contribution in [0, 0.1) is 30.1 Å². The largest absolute Gasteiger partial charge is 0.343 e. The van der Waals surface area contributed by atoms with E-state index in [1.165, 1.54) is 12.8 Å². The Kier molecular flexibility index (Phi) is 3.61. The molecule has 0 N–H and O–H groups in total. The van der Waals surface area contributed by atoms with Gasteiger partial charge >= 0.3 is 6.01 Å². The summed E-state index contributed by atoms with van der Waals surface area (Å²) >= 11 is 0. The molecule has 0 radical (unpaired) electrons. The Labute approximate surface area is 154 Å². The Morgan fingerprint density at radius 3 is 2.42 bits per heavy atom. The molecule has 2 unspecified atom stereocenters. The van der Waals surface area contributed by atoms with E-state index in [0.717, 1.165) is 45.3 Å². The van der Waals surface area contributed by atoms with Gasteiger partial charge in [-0.15, -0.1) is 0 Å². The molecule has 7 heteroatoms. The minimum Gasteiger partial charge on any atom is -0.343 e. The molecule has 3 heterocycles. The van der Waals surface area contributed by atoms with Crippen molar-refractivity contribution in [3.63, 3.8) is 0 Å². The van der Waals surface area contributed by atoms with E-state index in [4.69, 9.17) is 4.52 Å². The van der Waals surface area contributed by atoms with Crippen LogP contribution in [0.25, 0.3) is 0 Å². The molecule has 2 saturated carbocycles. The Balaban J connectivity index is 1.09. The zero-order valence-electron chi connectivity index (χ0n) is 16.0. The van der Waals surface area contributed by atoms with E-state index < -0.39 is 0 Å². The van der Waals surface area contributed by atoms with Crippen molar-refractivity contribution in [1.82, 2.24) is 19.9 Å². The molecule has 1 aromatic heterocycles. The fraction of sp³-hybridized carbons (Fsp3) is 0.842. The first-order valence-electron chi connectivity index (χ1n) is 10.1. The van der Waals surface area contributed by atoms with Gasteiger partial charge in [0, 0.05) is 56.6 Å². The van der Waals surface area contributed by atoms with Crippen LogP contribution in [0.5, 0.6) is 0 Å². The quantitative estimate of drug-likeness (QED) is 0.792. The van der Waals surface area contributed by atoms with Crippen LogP contribution in [-0.2, 0) is 4.79 Å². The molecule has 2 aliphatic carbocycles. The predicted molar refractivity (Wildman–Crippen MR) is 96.7 cm³/mol. The zero-order chi connectivity index (χ0) is 18.1. The molecule has 4 aliphatic rings. The topological polar surface area (TPSA) is 65.7 Å². The lowest BCUT2D eigenvalue weighted by atomic mass is 9.60. The molecule has 0 bridgehead atoms. The molecule has 1 spiro atoms. The van der Waals surface area contributed by atoms with Crippen molar-refractivity contribution in [2.75, 3.05) is 44.2 Å². The minimum atomic E-state index is 0.320. The number of hydrogen-bond donors (Lipinski definition) is 0. The SMILES string of the molecule is CCN(CC)C(=O)C1C2CN(C3CC4(C3)CN(c3nc(C)no3)C4)CC21. The van der Waals surface area contributed by atoms with Crippen LogP contribution in [0.2, 0.25) is 0 Å². The monoisotopic (exact) mass is 359 g/mol. The van der Waals surface area contributed by atoms with Crippen LogP contribution in [-0.4, -0.2) is 71.2 Å². The number of rotatable bonds is 5. The summed E-state index contributed by atoms with van der Waals surface area (Å²) < 4.78 is 5.27. The number of nitrogens with zero attached hydrogens (tertiary/aromatic N) is 5. The molecule has 4 fully saturated rings. The molecule has 26 heavy (non-hydrogen) atoms. The molecule has 1 amide bonds. The average molecular weight is 359 g/mol. The van der Waals surface area contributed by atoms with Gasteiger partial charge < -0.3 is 14.3 Å². The van der Waals surface area contributed by atoms with Crippen LogP contribution >= 0.6 is 0 Å². The van der Waals surface area contributed by atoms with Crippen molar-refractivity contribution in [2.24, 2.45) is 23.2 Å². The smallest absolute Gasteiger partial charge is 0.324 e. The van der Waals surface area contributed by atoms with E-state index in [0.29, 0.717) is 40.9 Å². The van der Waals surface area contributed by atoms with Gasteiger partial charge in [0.15, 0.2) is 5.82 Å². The van der Waals surface area contributed by atoms with Crippen molar-refractivity contribution < 1.29 is 9.32 Å². The summed E-state index contributed by atoms with van der Waals surface area (Å²) in [6.45, 7) is 12.1. The van der Waals surface area contributed by atoms with Gasteiger partial charge in [0.1, 0.15) is 0 Å². The minimum absolute atomic E-state index is 0.320. The lowest BCUT2D eigenvalue weighted by molar-refractivity contribution is -0.133. The Bertz CT molecular complexity index is 689. The van der Waals surface area contributed by atoms with Gasteiger partial charge in [0.2, 0.25) is 5.91 Å². The van der Waals surface area contributed by atoms with Gasteiger partial charge in [-0.2, -0.15) is 4.98 Å². The first kappa shape index (κ1) is 16.5. The van der Waals surface area contributed by atoms with E-state index in [2.05, 4.69) is 33.8 Å². The molecule has 2 saturated heterocycles. The fourth-order valence-corrected chi connectivity index (χ4v) is 5.74. The van der Waals surface area contributed by atoms with Crippen molar-refractivity contribution in [3.8, 4) is 0 Å². The highest BCUT2D eigenvalue weighted by molar-refractivity contribution is 5.82. The number of aryl methyl sites for hydroxylation is 1. The van der Waals surface area contributed by atoms with Crippen LogP contribution in [0.15, 0.2) is 4.52 Å². The molecular formula is C19H29N5O2. The second-order valence-corrected chi connectivity index (χ2v) is 8.86. The summed E-state index contributed by atoms with van der Waals surface area (Å²) in [5, 5.41) is 3.88. The normalized spacial score (nSPS) is 32.3. The Morgan fingerprint density at radius 1 is 1.23 bits per heavy atom. The highest BCUT2D eigenvalue weighted by Crippen LogP contribution is 2.57.